The van der Waals surface area contributed by atoms with Crippen LogP contribution in [0.2, 0.25) is 0 Å². The molecule has 0 aromatic carbocycles. The van der Waals surface area contributed by atoms with Crippen LogP contribution in [-0.4, -0.2) is 29.1 Å². The molecule has 4 heteroatoms. The molecule has 3 atom stereocenters. The number of urea groups is 1. The number of hydrogen-bond donors (Lipinski definition) is 2. The van der Waals surface area contributed by atoms with Crippen molar-refractivity contribution in [2.24, 2.45) is 0 Å². The SMILES string of the molecule is CC[C@@H]1SCC2NC(=O)NC21. The highest BCUT2D eigenvalue weighted by Gasteiger charge is 2.41. The Labute approximate surface area is 70.3 Å². The van der Waals surface area contributed by atoms with Crippen LogP contribution < -0.4 is 10.6 Å². The number of amides is 2. The minimum Gasteiger partial charge on any atom is -0.332 e. The van der Waals surface area contributed by atoms with E-state index in [-0.39, 0.29) is 6.03 Å². The van der Waals surface area contributed by atoms with Gasteiger partial charge in [-0.05, 0) is 6.42 Å². The van der Waals surface area contributed by atoms with Crippen molar-refractivity contribution in [3.05, 3.63) is 0 Å². The molecule has 2 rings (SSSR count). The van der Waals surface area contributed by atoms with Crippen LogP contribution in [0.25, 0.3) is 0 Å². The van der Waals surface area contributed by atoms with Crippen molar-refractivity contribution in [1.82, 2.24) is 10.6 Å². The Hall–Kier alpha value is -0.380. The van der Waals surface area contributed by atoms with Crippen molar-refractivity contribution >= 4 is 17.8 Å². The van der Waals surface area contributed by atoms with E-state index in [1.807, 2.05) is 11.8 Å². The van der Waals surface area contributed by atoms with Crippen LogP contribution in [0.1, 0.15) is 13.3 Å². The van der Waals surface area contributed by atoms with E-state index in [1.165, 1.54) is 0 Å². The molecule has 2 fully saturated rings. The van der Waals surface area contributed by atoms with Gasteiger partial charge < -0.3 is 10.6 Å². The van der Waals surface area contributed by atoms with E-state index in [0.29, 0.717) is 17.3 Å². The van der Waals surface area contributed by atoms with E-state index >= 15 is 0 Å². The van der Waals surface area contributed by atoms with Gasteiger partial charge in [-0.1, -0.05) is 6.92 Å². The highest BCUT2D eigenvalue weighted by Crippen LogP contribution is 2.31. The molecule has 2 N–H and O–H groups in total. The average Bonchev–Trinajstić information content (AvgIpc) is 2.45. The van der Waals surface area contributed by atoms with Gasteiger partial charge in [-0.15, -0.1) is 0 Å². The van der Waals surface area contributed by atoms with E-state index < -0.39 is 0 Å². The Bertz CT molecular complexity index is 185. The monoisotopic (exact) mass is 172 g/mol. The molecule has 3 nitrogen and oxygen atoms in total. The van der Waals surface area contributed by atoms with Gasteiger partial charge in [0.1, 0.15) is 0 Å². The number of fused-ring (bicyclic) bond motifs is 1. The lowest BCUT2D eigenvalue weighted by molar-refractivity contribution is 0.247. The Morgan fingerprint density at radius 2 is 2.45 bits per heavy atom. The summed E-state index contributed by atoms with van der Waals surface area (Å²) >= 11 is 1.96. The van der Waals surface area contributed by atoms with E-state index in [0.717, 1.165) is 12.2 Å². The fourth-order valence-corrected chi connectivity index (χ4v) is 3.20. The Morgan fingerprint density at radius 3 is 3.18 bits per heavy atom. The molecule has 0 spiro atoms. The molecule has 2 aliphatic heterocycles. The molecule has 2 saturated heterocycles. The van der Waals surface area contributed by atoms with Crippen LogP contribution in [0.4, 0.5) is 4.79 Å². The highest BCUT2D eigenvalue weighted by molar-refractivity contribution is 8.00. The molecule has 11 heavy (non-hydrogen) atoms. The first-order chi connectivity index (χ1) is 5.31. The minimum atomic E-state index is 0.0127. The molecule has 2 heterocycles. The molecule has 0 bridgehead atoms. The van der Waals surface area contributed by atoms with Crippen LogP contribution in [0.5, 0.6) is 0 Å². The first-order valence-corrected chi connectivity index (χ1v) is 5.04. The fraction of sp³-hybridized carbons (Fsp3) is 0.857. The second kappa shape index (κ2) is 2.59. The van der Waals surface area contributed by atoms with Crippen molar-refractivity contribution in [1.29, 1.82) is 0 Å². The van der Waals surface area contributed by atoms with Gasteiger partial charge in [0.25, 0.3) is 0 Å². The fourth-order valence-electron chi connectivity index (χ4n) is 1.75. The average molecular weight is 172 g/mol. The zero-order valence-corrected chi connectivity index (χ0v) is 7.28. The molecule has 2 aliphatic rings. The van der Waals surface area contributed by atoms with Crippen LogP contribution in [0.15, 0.2) is 0 Å². The maximum absolute atomic E-state index is 10.9. The molecule has 0 aromatic rings. The molecule has 0 aliphatic carbocycles. The van der Waals surface area contributed by atoms with E-state index in [4.69, 9.17) is 0 Å². The number of rotatable bonds is 1. The Balaban J connectivity index is 2.07. The highest BCUT2D eigenvalue weighted by atomic mass is 32.2. The predicted molar refractivity (Wildman–Crippen MR) is 45.8 cm³/mol. The van der Waals surface area contributed by atoms with Gasteiger partial charge in [0.2, 0.25) is 0 Å². The van der Waals surface area contributed by atoms with Crippen LogP contribution in [0.3, 0.4) is 0 Å². The molecular formula is C7H12N2OS. The molecule has 62 valence electrons. The van der Waals surface area contributed by atoms with Crippen LogP contribution in [-0.2, 0) is 0 Å². The molecule has 0 saturated carbocycles. The number of hydrogen-bond acceptors (Lipinski definition) is 2. The molecule has 2 amide bonds. The van der Waals surface area contributed by atoms with Gasteiger partial charge >= 0.3 is 6.03 Å². The third-order valence-electron chi connectivity index (χ3n) is 2.34. The van der Waals surface area contributed by atoms with Gasteiger partial charge in [-0.2, -0.15) is 11.8 Å². The maximum atomic E-state index is 10.9. The quantitative estimate of drug-likeness (QED) is 0.567. The number of carbonyl (C=O) groups is 1. The van der Waals surface area contributed by atoms with Crippen molar-refractivity contribution in [3.8, 4) is 0 Å². The zero-order chi connectivity index (χ0) is 7.84. The minimum absolute atomic E-state index is 0.0127. The molecule has 0 radical (unpaired) electrons. The Kier molecular flexibility index (Phi) is 1.71. The number of thioether (sulfide) groups is 1. The summed E-state index contributed by atoms with van der Waals surface area (Å²) in [6.07, 6.45) is 1.15. The summed E-state index contributed by atoms with van der Waals surface area (Å²) in [7, 11) is 0. The lowest BCUT2D eigenvalue weighted by Crippen LogP contribution is -2.36. The van der Waals surface area contributed by atoms with Crippen molar-refractivity contribution in [2.75, 3.05) is 5.75 Å². The van der Waals surface area contributed by atoms with Crippen LogP contribution in [0, 0.1) is 0 Å². The first kappa shape index (κ1) is 7.28. The summed E-state index contributed by atoms with van der Waals surface area (Å²) in [5, 5.41) is 6.48. The van der Waals surface area contributed by atoms with Gasteiger partial charge in [0, 0.05) is 11.0 Å². The normalized spacial score (nSPS) is 41.5. The lowest BCUT2D eigenvalue weighted by Gasteiger charge is -2.13. The molecular weight excluding hydrogens is 160 g/mol. The maximum Gasteiger partial charge on any atom is 0.315 e. The third kappa shape index (κ3) is 1.09. The topological polar surface area (TPSA) is 41.1 Å². The van der Waals surface area contributed by atoms with Gasteiger partial charge in [-0.3, -0.25) is 0 Å². The summed E-state index contributed by atoms with van der Waals surface area (Å²) in [5.74, 6) is 1.07. The Morgan fingerprint density at radius 1 is 1.64 bits per heavy atom. The van der Waals surface area contributed by atoms with Crippen molar-refractivity contribution in [2.45, 2.75) is 30.7 Å². The lowest BCUT2D eigenvalue weighted by atomic mass is 10.1. The largest absolute Gasteiger partial charge is 0.332 e. The van der Waals surface area contributed by atoms with E-state index in [2.05, 4.69) is 17.6 Å². The van der Waals surface area contributed by atoms with E-state index in [1.54, 1.807) is 0 Å². The van der Waals surface area contributed by atoms with Crippen molar-refractivity contribution < 1.29 is 4.79 Å². The van der Waals surface area contributed by atoms with Gasteiger partial charge in [0.15, 0.2) is 0 Å². The molecule has 2 unspecified atom stereocenters. The summed E-state index contributed by atoms with van der Waals surface area (Å²) in [6.45, 7) is 2.17. The second-order valence-corrected chi connectivity index (χ2v) is 4.30. The number of nitrogens with one attached hydrogen (secondary N) is 2. The predicted octanol–water partition coefficient (Wildman–Crippen LogP) is 0.562. The third-order valence-corrected chi connectivity index (χ3v) is 3.95. The summed E-state index contributed by atoms with van der Waals surface area (Å²) in [5.41, 5.74) is 0. The zero-order valence-electron chi connectivity index (χ0n) is 6.46. The van der Waals surface area contributed by atoms with Gasteiger partial charge in [0.05, 0.1) is 12.1 Å². The van der Waals surface area contributed by atoms with E-state index in [9.17, 15) is 4.79 Å². The molecule has 0 aromatic heterocycles. The van der Waals surface area contributed by atoms with Crippen LogP contribution >= 0.6 is 11.8 Å². The second-order valence-electron chi connectivity index (χ2n) is 3.03. The summed E-state index contributed by atoms with van der Waals surface area (Å²) in [4.78, 5) is 10.9. The summed E-state index contributed by atoms with van der Waals surface area (Å²) < 4.78 is 0. The first-order valence-electron chi connectivity index (χ1n) is 4.00. The summed E-state index contributed by atoms with van der Waals surface area (Å²) in [6, 6.07) is 0.786. The number of carbonyl (C=O) groups excluding carboxylic acids is 1. The standard InChI is InChI=1S/C7H12N2OS/c1-2-5-6-4(3-11-5)8-7(10)9-6/h4-6H,2-3H2,1H3,(H2,8,9,10)/t4?,5-,6?/m0/s1. The smallest absolute Gasteiger partial charge is 0.315 e. The van der Waals surface area contributed by atoms with Crippen molar-refractivity contribution in [3.63, 3.8) is 0 Å². The van der Waals surface area contributed by atoms with Gasteiger partial charge in [-0.25, -0.2) is 4.79 Å².